The summed E-state index contributed by atoms with van der Waals surface area (Å²) in [6.45, 7) is -0.960. The lowest BCUT2D eigenvalue weighted by Crippen LogP contribution is -2.28. The number of anilines is 4. The summed E-state index contributed by atoms with van der Waals surface area (Å²) < 4.78 is 30.3. The van der Waals surface area contributed by atoms with Crippen LogP contribution in [0.2, 0.25) is 0 Å². The highest BCUT2D eigenvalue weighted by atomic mass is 19.1. The zero-order valence-corrected chi connectivity index (χ0v) is 26.8. The van der Waals surface area contributed by atoms with Gasteiger partial charge in [0.15, 0.2) is 0 Å². The molecule has 0 unspecified atom stereocenters. The number of nitrogens with two attached hydrogens (primary N) is 1. The Morgan fingerprint density at radius 2 is 1.12 bits per heavy atom. The minimum atomic E-state index is -0.629. The third kappa shape index (κ3) is 8.65. The van der Waals surface area contributed by atoms with Crippen LogP contribution in [0.1, 0.15) is 48.2 Å². The van der Waals surface area contributed by atoms with E-state index in [1.54, 1.807) is 82.6 Å². The van der Waals surface area contributed by atoms with E-state index in [0.29, 0.717) is 34.0 Å². The van der Waals surface area contributed by atoms with E-state index < -0.39 is 31.1 Å². The number of rotatable bonds is 15. The second-order valence-corrected chi connectivity index (χ2v) is 11.0. The first kappa shape index (κ1) is 34.9. The van der Waals surface area contributed by atoms with Crippen molar-refractivity contribution in [2.45, 2.75) is 6.42 Å². The van der Waals surface area contributed by atoms with Crippen LogP contribution in [0.25, 0.3) is 0 Å². The lowest BCUT2D eigenvalue weighted by atomic mass is 10.1. The monoisotopic (exact) mass is 664 g/mol. The Hall–Kier alpha value is -5.93. The smallest absolute Gasteiger partial charge is 0.272 e. The fourth-order valence-electron chi connectivity index (χ4n) is 4.97. The molecule has 0 aliphatic rings. The highest BCUT2D eigenvalue weighted by Crippen LogP contribution is 2.21. The van der Waals surface area contributed by atoms with E-state index >= 15 is 0 Å². The zero-order chi connectivity index (χ0) is 35.0. The number of benzene rings is 1. The average Bonchev–Trinajstić information content (AvgIpc) is 3.71. The van der Waals surface area contributed by atoms with E-state index in [1.165, 1.54) is 18.2 Å². The van der Waals surface area contributed by atoms with Gasteiger partial charge in [-0.15, -0.1) is 0 Å². The van der Waals surface area contributed by atoms with Crippen LogP contribution in [-0.2, 0) is 21.1 Å². The Labute approximate surface area is 275 Å². The lowest BCUT2D eigenvalue weighted by Gasteiger charge is -2.22. The Morgan fingerprint density at radius 3 is 1.54 bits per heavy atom. The van der Waals surface area contributed by atoms with Crippen molar-refractivity contribution in [2.75, 3.05) is 53.8 Å². The first-order valence-corrected chi connectivity index (χ1v) is 14.9. The predicted molar refractivity (Wildman–Crippen MR) is 180 cm³/mol. The molecule has 0 saturated carbocycles. The number of aromatic nitrogens is 3. The molecule has 14 nitrogen and oxygen atoms in total. The largest absolute Gasteiger partial charge is 0.388 e. The topological polar surface area (TPSA) is 184 Å². The molecule has 0 spiro atoms. The van der Waals surface area contributed by atoms with Crippen molar-refractivity contribution < 1.29 is 28.0 Å². The molecule has 7 N–H and O–H groups in total. The third-order valence-electron chi connectivity index (χ3n) is 7.37. The molecule has 1 aromatic carbocycles. The lowest BCUT2D eigenvalue weighted by molar-refractivity contribution is 0.0944. The molecule has 0 fully saturated rings. The van der Waals surface area contributed by atoms with Crippen LogP contribution in [0.3, 0.4) is 0 Å². The molecule has 4 rings (SSSR count). The fourth-order valence-corrected chi connectivity index (χ4v) is 4.97. The Balaban J connectivity index is 1.37. The van der Waals surface area contributed by atoms with Gasteiger partial charge in [-0.2, -0.15) is 0 Å². The van der Waals surface area contributed by atoms with Crippen LogP contribution < -0.4 is 31.9 Å². The number of hydrogen-bond donors (Lipinski definition) is 6. The van der Waals surface area contributed by atoms with E-state index in [2.05, 4.69) is 21.3 Å². The van der Waals surface area contributed by atoms with Gasteiger partial charge in [-0.05, 0) is 42.5 Å². The highest BCUT2D eigenvalue weighted by Gasteiger charge is 2.19. The average molecular weight is 665 g/mol. The van der Waals surface area contributed by atoms with Gasteiger partial charge in [0.25, 0.3) is 23.6 Å². The van der Waals surface area contributed by atoms with Gasteiger partial charge in [0.2, 0.25) is 0 Å². The summed E-state index contributed by atoms with van der Waals surface area (Å²) in [5.74, 6) is -1.80. The van der Waals surface area contributed by atoms with Crippen LogP contribution in [0.4, 0.5) is 31.5 Å². The predicted octanol–water partition coefficient (Wildman–Crippen LogP) is 3.26. The van der Waals surface area contributed by atoms with E-state index in [4.69, 9.17) is 11.1 Å². The van der Waals surface area contributed by atoms with E-state index in [-0.39, 0.29) is 49.2 Å². The third-order valence-corrected chi connectivity index (χ3v) is 7.37. The molecule has 0 radical (unpaired) electrons. The number of alkyl halides is 2. The molecule has 0 bridgehead atoms. The molecule has 4 aromatic rings. The molecule has 0 aliphatic carbocycles. The number of amides is 4. The Morgan fingerprint density at radius 1 is 0.708 bits per heavy atom. The second kappa shape index (κ2) is 15.6. The number of amidine groups is 1. The number of hydrogen-bond acceptors (Lipinski definition) is 6. The second-order valence-electron chi connectivity index (χ2n) is 11.0. The molecule has 48 heavy (non-hydrogen) atoms. The summed E-state index contributed by atoms with van der Waals surface area (Å²) >= 11 is 0. The minimum Gasteiger partial charge on any atom is -0.388 e. The van der Waals surface area contributed by atoms with Gasteiger partial charge < -0.3 is 45.6 Å². The number of carbonyl (C=O) groups excluding carboxylic acids is 4. The number of nitrogens with one attached hydrogen (secondary N) is 5. The summed E-state index contributed by atoms with van der Waals surface area (Å²) in [4.78, 5) is 53.1. The van der Waals surface area contributed by atoms with Crippen molar-refractivity contribution in [3.8, 4) is 0 Å². The van der Waals surface area contributed by atoms with Gasteiger partial charge in [-0.25, -0.2) is 8.78 Å². The van der Waals surface area contributed by atoms with Gasteiger partial charge in [0.05, 0.1) is 22.9 Å². The van der Waals surface area contributed by atoms with Crippen molar-refractivity contribution in [3.63, 3.8) is 0 Å². The molecule has 0 atom stereocenters. The quantitative estimate of drug-likeness (QED) is 0.0837. The maximum Gasteiger partial charge on any atom is 0.272 e. The Kier molecular flexibility index (Phi) is 11.3. The minimum absolute atomic E-state index is 0.0392. The van der Waals surface area contributed by atoms with Gasteiger partial charge in [-0.1, -0.05) is 0 Å². The first-order valence-electron chi connectivity index (χ1n) is 14.9. The molecular weight excluding hydrogens is 626 g/mol. The van der Waals surface area contributed by atoms with E-state index in [9.17, 15) is 28.0 Å². The van der Waals surface area contributed by atoms with Gasteiger partial charge in [0.1, 0.15) is 30.4 Å². The van der Waals surface area contributed by atoms with Crippen LogP contribution in [0.5, 0.6) is 0 Å². The summed E-state index contributed by atoms with van der Waals surface area (Å²) in [6, 6.07) is 10.9. The molecule has 254 valence electrons. The van der Waals surface area contributed by atoms with Gasteiger partial charge in [0, 0.05) is 77.0 Å². The van der Waals surface area contributed by atoms with Crippen molar-refractivity contribution in [2.24, 2.45) is 26.9 Å². The highest BCUT2D eigenvalue weighted by molar-refractivity contribution is 6.09. The van der Waals surface area contributed by atoms with Gasteiger partial charge in [-0.3, -0.25) is 24.6 Å². The van der Waals surface area contributed by atoms with Crippen molar-refractivity contribution in [3.05, 3.63) is 83.7 Å². The summed E-state index contributed by atoms with van der Waals surface area (Å²) in [7, 11) is 4.95. The van der Waals surface area contributed by atoms with Crippen LogP contribution in [0, 0.1) is 5.41 Å². The molecule has 3 heterocycles. The van der Waals surface area contributed by atoms with Crippen molar-refractivity contribution in [1.82, 2.24) is 19.0 Å². The van der Waals surface area contributed by atoms with Gasteiger partial charge >= 0.3 is 0 Å². The SMILES string of the molecule is Cn1cc(NC(=O)c2cc(NC(=O)c3cc(NC(=O)c4ccc(N(CCF)CCF)cc4)cn3C)cn2C)cc1C(=O)NCCC(=N)N. The van der Waals surface area contributed by atoms with Crippen LogP contribution in [-0.4, -0.2) is 76.1 Å². The van der Waals surface area contributed by atoms with E-state index in [0.717, 1.165) is 0 Å². The normalized spacial score (nSPS) is 10.8. The van der Waals surface area contributed by atoms with Crippen LogP contribution in [0.15, 0.2) is 61.1 Å². The number of halogens is 2. The summed E-state index contributed by atoms with van der Waals surface area (Å²) in [6.07, 6.45) is 4.95. The fraction of sp³-hybridized carbons (Fsp3) is 0.281. The Bertz CT molecular complexity index is 1800. The molecule has 3 aromatic heterocycles. The maximum atomic E-state index is 13.1. The standard InChI is InChI=1S/C32H38F2N10O4/c1-41-18-22(14-25(41)30(46)37-11-8-28(35)36)39-32(48)27-16-23(19-43(27)3)40-31(47)26-15-21(17-42(26)2)38-29(45)20-4-6-24(7-5-20)44(12-9-33)13-10-34/h4-7,14-19H,8-13H2,1-3H3,(H3,35,36)(H,37,46)(H,38,45)(H,39,48)(H,40,47). The number of aryl methyl sites for hydroxylation is 3. The molecule has 16 heteroatoms. The molecular formula is C32H38F2N10O4. The summed E-state index contributed by atoms with van der Waals surface area (Å²) in [5.41, 5.74) is 8.13. The number of nitrogens with zero attached hydrogens (tertiary/aromatic N) is 4. The maximum absolute atomic E-state index is 13.1. The summed E-state index contributed by atoms with van der Waals surface area (Å²) in [5, 5.41) is 18.2. The molecule has 0 aliphatic heterocycles. The van der Waals surface area contributed by atoms with Crippen LogP contribution >= 0.6 is 0 Å². The molecule has 4 amide bonds. The number of carbonyl (C=O) groups is 4. The first-order chi connectivity index (χ1) is 22.9. The van der Waals surface area contributed by atoms with Crippen molar-refractivity contribution >= 4 is 52.2 Å². The van der Waals surface area contributed by atoms with Crippen molar-refractivity contribution in [1.29, 1.82) is 5.41 Å². The zero-order valence-electron chi connectivity index (χ0n) is 26.8. The van der Waals surface area contributed by atoms with E-state index in [1.807, 2.05) is 0 Å². The molecule has 0 saturated heterocycles.